The first-order valence-corrected chi connectivity index (χ1v) is 9.41. The van der Waals surface area contributed by atoms with Gasteiger partial charge in [-0.3, -0.25) is 0 Å². The molecule has 0 aliphatic carbocycles. The van der Waals surface area contributed by atoms with Crippen molar-refractivity contribution >= 4 is 23.0 Å². The Labute approximate surface area is 178 Å². The Morgan fingerprint density at radius 1 is 0.893 bits per heavy atom. The van der Waals surface area contributed by atoms with Crippen molar-refractivity contribution in [3.8, 4) is 0 Å². The molecule has 0 fully saturated rings. The summed E-state index contributed by atoms with van der Waals surface area (Å²) in [6.45, 7) is 11.2. The first kappa shape index (κ1) is 26.3. The molecule has 6 heteroatoms. The maximum absolute atomic E-state index is 11.3. The first-order chi connectivity index (χ1) is 12.9. The Kier molecular flexibility index (Phi) is 11.9. The van der Waals surface area contributed by atoms with Gasteiger partial charge in [0.2, 0.25) is 0 Å². The van der Waals surface area contributed by atoms with Gasteiger partial charge in [0.25, 0.3) is 0 Å². The van der Waals surface area contributed by atoms with Gasteiger partial charge >= 0.3 is 0 Å². The molecule has 0 atom stereocenters. The number of nitrogens with zero attached hydrogens (tertiary/aromatic N) is 1. The van der Waals surface area contributed by atoms with Crippen molar-refractivity contribution in [2.45, 2.75) is 26.4 Å². The number of benzene rings is 2. The molecule has 28 heavy (non-hydrogen) atoms. The Bertz CT molecular complexity index is 628. The lowest BCUT2D eigenvalue weighted by Gasteiger charge is -2.34. The van der Waals surface area contributed by atoms with Crippen molar-refractivity contribution in [1.82, 2.24) is 0 Å². The monoisotopic (exact) mass is 453 g/mol. The summed E-state index contributed by atoms with van der Waals surface area (Å²) in [6.07, 6.45) is 0. The van der Waals surface area contributed by atoms with Crippen molar-refractivity contribution in [2.24, 2.45) is 0 Å². The highest BCUT2D eigenvalue weighted by Crippen LogP contribution is 2.28. The number of rotatable bonds is 8. The van der Waals surface area contributed by atoms with Crippen molar-refractivity contribution < 1.29 is 24.6 Å². The summed E-state index contributed by atoms with van der Waals surface area (Å²) in [5.74, 6) is -1.53. The van der Waals surface area contributed by atoms with E-state index < -0.39 is 11.6 Å². The van der Waals surface area contributed by atoms with Crippen LogP contribution in [-0.4, -0.2) is 53.5 Å². The van der Waals surface area contributed by atoms with Crippen LogP contribution in [0.25, 0.3) is 0 Å². The van der Waals surface area contributed by atoms with E-state index in [9.17, 15) is 15.0 Å². The number of aliphatic hydroxyl groups excluding tert-OH is 1. The molecule has 2 rings (SSSR count). The first-order valence-electron chi connectivity index (χ1n) is 9.41. The fourth-order valence-corrected chi connectivity index (χ4v) is 3.12. The molecule has 0 saturated heterocycles. The average Bonchev–Trinajstić information content (AvgIpc) is 2.73. The second-order valence-corrected chi connectivity index (χ2v) is 6.47. The quantitative estimate of drug-likeness (QED) is 0.599. The van der Waals surface area contributed by atoms with Gasteiger partial charge in [-0.2, -0.15) is 0 Å². The van der Waals surface area contributed by atoms with Crippen molar-refractivity contribution in [3.63, 3.8) is 0 Å². The van der Waals surface area contributed by atoms with E-state index in [1.807, 2.05) is 0 Å². The number of carbonyl (C=O) groups is 1. The van der Waals surface area contributed by atoms with E-state index in [4.69, 9.17) is 5.11 Å². The van der Waals surface area contributed by atoms with Gasteiger partial charge < -0.3 is 24.6 Å². The number of carboxylic acid groups (broad SMARTS) is 1. The number of carbonyl (C=O) groups excluding carboxylic acids is 1. The van der Waals surface area contributed by atoms with E-state index in [2.05, 4.69) is 20.8 Å². The van der Waals surface area contributed by atoms with Crippen molar-refractivity contribution in [3.05, 3.63) is 71.8 Å². The third kappa shape index (κ3) is 6.41. The van der Waals surface area contributed by atoms with Gasteiger partial charge in [-0.1, -0.05) is 60.7 Å². The molecule has 2 N–H and O–H groups in total. The number of aliphatic hydroxyl groups is 2. The minimum Gasteiger partial charge on any atom is -0.546 e. The van der Waals surface area contributed by atoms with Crippen molar-refractivity contribution in [2.75, 3.05) is 32.8 Å². The molecule has 0 saturated carbocycles. The van der Waals surface area contributed by atoms with Crippen LogP contribution in [0.5, 0.6) is 0 Å². The summed E-state index contributed by atoms with van der Waals surface area (Å²) >= 11 is 0. The number of aliphatic carboxylic acids is 1. The maximum Gasteiger partial charge on any atom is 0.154 e. The molecule has 156 valence electrons. The molecule has 5 nitrogen and oxygen atoms in total. The number of halogens is 1. The minimum absolute atomic E-state index is 0. The number of quaternary nitrogens is 1. The summed E-state index contributed by atoms with van der Waals surface area (Å²) in [4.78, 5) is 11.3. The van der Waals surface area contributed by atoms with Crippen LogP contribution in [-0.2, 0) is 10.4 Å². The number of hydrogen-bond donors (Lipinski definition) is 2. The zero-order valence-corrected chi connectivity index (χ0v) is 18.6. The van der Waals surface area contributed by atoms with Gasteiger partial charge in [0, 0.05) is 0 Å². The second-order valence-electron chi connectivity index (χ2n) is 6.47. The maximum atomic E-state index is 11.3. The van der Waals surface area contributed by atoms with Crippen LogP contribution in [0.15, 0.2) is 60.7 Å². The smallest absolute Gasteiger partial charge is 0.154 e. The molecule has 2 aromatic carbocycles. The molecular weight excluding hydrogens is 422 g/mol. The SMILES string of the molecule is Br.CC[N+](CC)(CC)CCO.O=C([O-])C(O)(c1ccccc1)c1ccccc1. The highest BCUT2D eigenvalue weighted by atomic mass is 79.9. The van der Waals surface area contributed by atoms with Gasteiger partial charge in [0.15, 0.2) is 5.60 Å². The summed E-state index contributed by atoms with van der Waals surface area (Å²) < 4.78 is 1.05. The van der Waals surface area contributed by atoms with Gasteiger partial charge in [-0.25, -0.2) is 0 Å². The highest BCUT2D eigenvalue weighted by Gasteiger charge is 2.32. The van der Waals surface area contributed by atoms with E-state index in [0.29, 0.717) is 6.61 Å². The van der Waals surface area contributed by atoms with Crippen molar-refractivity contribution in [1.29, 1.82) is 0 Å². The Morgan fingerprint density at radius 3 is 1.46 bits per heavy atom. The second kappa shape index (κ2) is 12.7. The van der Waals surface area contributed by atoms with E-state index >= 15 is 0 Å². The summed E-state index contributed by atoms with van der Waals surface area (Å²) in [6, 6.07) is 16.4. The number of likely N-dealkylation sites (N-methyl/N-ethyl adjacent to an activating group) is 1. The molecule has 0 radical (unpaired) electrons. The highest BCUT2D eigenvalue weighted by molar-refractivity contribution is 8.93. The third-order valence-corrected chi connectivity index (χ3v) is 5.27. The van der Waals surface area contributed by atoms with Crippen LogP contribution in [0.1, 0.15) is 31.9 Å². The van der Waals surface area contributed by atoms with Crippen LogP contribution in [0.3, 0.4) is 0 Å². The Hall–Kier alpha value is -1.73. The lowest BCUT2D eigenvalue weighted by atomic mass is 9.86. The molecule has 0 unspecified atom stereocenters. The topological polar surface area (TPSA) is 80.6 Å². The van der Waals surface area contributed by atoms with E-state index in [-0.39, 0.29) is 28.1 Å². The normalized spacial score (nSPS) is 11.0. The van der Waals surface area contributed by atoms with E-state index in [1.54, 1.807) is 60.7 Å². The van der Waals surface area contributed by atoms with Gasteiger partial charge in [0.1, 0.15) is 6.54 Å². The zero-order valence-electron chi connectivity index (χ0n) is 16.9. The Morgan fingerprint density at radius 2 is 1.25 bits per heavy atom. The number of carboxylic acids is 1. The van der Waals surface area contributed by atoms with Crippen LogP contribution in [0.4, 0.5) is 0 Å². The summed E-state index contributed by atoms with van der Waals surface area (Å²) in [5.41, 5.74) is -1.54. The molecule has 0 heterocycles. The molecular formula is C22H32BrNO4. The predicted octanol–water partition coefficient (Wildman–Crippen LogP) is 2.11. The molecule has 0 spiro atoms. The molecule has 0 aliphatic rings. The predicted molar refractivity (Wildman–Crippen MR) is 115 cm³/mol. The molecule has 0 bridgehead atoms. The summed E-state index contributed by atoms with van der Waals surface area (Å²) in [5, 5.41) is 30.4. The average molecular weight is 454 g/mol. The fourth-order valence-electron chi connectivity index (χ4n) is 3.12. The minimum atomic E-state index is -2.11. The molecule has 0 aliphatic heterocycles. The molecule has 2 aromatic rings. The number of hydrogen-bond acceptors (Lipinski definition) is 4. The largest absolute Gasteiger partial charge is 0.546 e. The molecule has 0 aromatic heterocycles. The lowest BCUT2D eigenvalue weighted by molar-refractivity contribution is -0.923. The third-order valence-electron chi connectivity index (χ3n) is 5.27. The van der Waals surface area contributed by atoms with E-state index in [0.717, 1.165) is 30.7 Å². The van der Waals surface area contributed by atoms with Crippen LogP contribution < -0.4 is 5.11 Å². The fraction of sp³-hybridized carbons (Fsp3) is 0.409. The van der Waals surface area contributed by atoms with Gasteiger partial charge in [-0.15, -0.1) is 17.0 Å². The summed E-state index contributed by atoms with van der Waals surface area (Å²) in [7, 11) is 0. The Balaban J connectivity index is 0.000000577. The van der Waals surface area contributed by atoms with E-state index in [1.165, 1.54) is 0 Å². The lowest BCUT2D eigenvalue weighted by Crippen LogP contribution is -2.49. The van der Waals surface area contributed by atoms with Gasteiger partial charge in [0.05, 0.1) is 32.2 Å². The van der Waals surface area contributed by atoms with Crippen LogP contribution in [0, 0.1) is 0 Å². The zero-order chi connectivity index (χ0) is 20.3. The standard InChI is InChI=1S/C14H12O3.C8H20NO.BrH/c15-13(16)14(17,11-7-3-1-4-8-11)12-9-5-2-6-10-12;1-4-9(5-2,6-3)7-8-10;/h1-10,17H,(H,15,16);10H,4-8H2,1-3H3;1H/q;+1;/p-1. The van der Waals surface area contributed by atoms with Gasteiger partial charge in [-0.05, 0) is 31.9 Å². The molecule has 0 amide bonds. The van der Waals surface area contributed by atoms with Crippen LogP contribution in [0.2, 0.25) is 0 Å². The van der Waals surface area contributed by atoms with Crippen LogP contribution >= 0.6 is 17.0 Å².